The summed E-state index contributed by atoms with van der Waals surface area (Å²) < 4.78 is 65.6. The largest absolute Gasteiger partial charge is 0.616 e. The first kappa shape index (κ1) is 23.3. The predicted molar refractivity (Wildman–Crippen MR) is 116 cm³/mol. The van der Waals surface area contributed by atoms with E-state index in [0.717, 1.165) is 12.1 Å². The summed E-state index contributed by atoms with van der Waals surface area (Å²) in [6.07, 6.45) is 0. The van der Waals surface area contributed by atoms with Crippen LogP contribution < -0.4 is 18.9 Å². The average molecular weight is 464 g/mol. The molecule has 0 aliphatic rings. The number of pyridine rings is 1. The molecule has 0 amide bonds. The lowest BCUT2D eigenvalue weighted by Crippen LogP contribution is -2.32. The van der Waals surface area contributed by atoms with Gasteiger partial charge in [-0.05, 0) is 44.2 Å². The van der Waals surface area contributed by atoms with Gasteiger partial charge in [-0.15, -0.1) is 4.73 Å². The van der Waals surface area contributed by atoms with Crippen LogP contribution in [0.15, 0.2) is 48.5 Å². The van der Waals surface area contributed by atoms with Gasteiger partial charge in [-0.3, -0.25) is 4.72 Å². The highest BCUT2D eigenvalue weighted by Gasteiger charge is 2.19. The maximum atomic E-state index is 14.2. The third-order valence-corrected chi connectivity index (χ3v) is 5.82. The van der Waals surface area contributed by atoms with E-state index in [2.05, 4.69) is 4.72 Å². The van der Waals surface area contributed by atoms with Gasteiger partial charge in [0.25, 0.3) is 0 Å². The number of nitrogens with zero attached hydrogens (tertiary/aromatic N) is 1. The number of aryl methyl sites for hydroxylation is 1. The van der Waals surface area contributed by atoms with Crippen molar-refractivity contribution in [3.63, 3.8) is 0 Å². The number of hydrogen-bond acceptors (Lipinski definition) is 5. The Morgan fingerprint density at radius 1 is 1.03 bits per heavy atom. The molecule has 0 saturated heterocycles. The van der Waals surface area contributed by atoms with Crippen molar-refractivity contribution in [1.82, 2.24) is 0 Å². The first-order chi connectivity index (χ1) is 15.1. The summed E-state index contributed by atoms with van der Waals surface area (Å²) in [5, 5.41) is 12.3. The first-order valence-corrected chi connectivity index (χ1v) is 11.4. The number of halogens is 2. The Morgan fingerprint density at radius 2 is 1.75 bits per heavy atom. The van der Waals surface area contributed by atoms with Gasteiger partial charge in [-0.25, -0.2) is 17.2 Å². The molecule has 0 aliphatic heterocycles. The van der Waals surface area contributed by atoms with Gasteiger partial charge < -0.3 is 14.7 Å². The van der Waals surface area contributed by atoms with Crippen LogP contribution in [0.2, 0.25) is 0 Å². The van der Waals surface area contributed by atoms with E-state index in [4.69, 9.17) is 9.47 Å². The van der Waals surface area contributed by atoms with Crippen molar-refractivity contribution < 1.29 is 31.4 Å². The van der Waals surface area contributed by atoms with Crippen LogP contribution in [0.3, 0.4) is 0 Å². The van der Waals surface area contributed by atoms with Gasteiger partial charge in [0, 0.05) is 35.9 Å². The summed E-state index contributed by atoms with van der Waals surface area (Å²) in [5.74, 6) is -1.79. The molecule has 3 aromatic rings. The molecule has 0 saturated carbocycles. The first-order valence-electron chi connectivity index (χ1n) is 9.78. The lowest BCUT2D eigenvalue weighted by Gasteiger charge is -2.16. The SMILES string of the molecule is CCOc1cc(-c2cc(NS(=O)(=O)CC)ccc2Oc2ccc(F)cc2F)cc(C)[n+]1[O-]. The zero-order valence-electron chi connectivity index (χ0n) is 17.7. The van der Waals surface area contributed by atoms with E-state index in [1.165, 1.54) is 31.2 Å². The molecule has 0 aliphatic carbocycles. The van der Waals surface area contributed by atoms with Crippen molar-refractivity contribution in [1.29, 1.82) is 0 Å². The van der Waals surface area contributed by atoms with Crippen LogP contribution in [-0.4, -0.2) is 20.8 Å². The van der Waals surface area contributed by atoms with Gasteiger partial charge in [-0.1, -0.05) is 0 Å². The molecule has 32 heavy (non-hydrogen) atoms. The number of nitrogens with one attached hydrogen (secondary N) is 1. The maximum absolute atomic E-state index is 14.2. The Balaban J connectivity index is 2.15. The number of anilines is 1. The Morgan fingerprint density at radius 3 is 2.41 bits per heavy atom. The molecule has 170 valence electrons. The van der Waals surface area contributed by atoms with Crippen LogP contribution in [0.5, 0.6) is 17.4 Å². The molecule has 0 fully saturated rings. The van der Waals surface area contributed by atoms with Gasteiger partial charge >= 0.3 is 5.88 Å². The molecule has 10 heteroatoms. The van der Waals surface area contributed by atoms with Crippen LogP contribution in [0.1, 0.15) is 19.5 Å². The fourth-order valence-corrected chi connectivity index (χ4v) is 3.56. The molecule has 0 bridgehead atoms. The molecule has 1 aromatic heterocycles. The van der Waals surface area contributed by atoms with Crippen LogP contribution in [-0.2, 0) is 10.0 Å². The Labute approximate surface area is 184 Å². The predicted octanol–water partition coefficient (Wildman–Crippen LogP) is 4.53. The van der Waals surface area contributed by atoms with Crippen LogP contribution in [0, 0.1) is 23.8 Å². The monoisotopic (exact) mass is 464 g/mol. The number of aromatic nitrogens is 1. The minimum atomic E-state index is -3.56. The molecular weight excluding hydrogens is 442 g/mol. The zero-order chi connectivity index (χ0) is 23.5. The summed E-state index contributed by atoms with van der Waals surface area (Å²) >= 11 is 0. The van der Waals surface area contributed by atoms with E-state index < -0.39 is 21.7 Å². The third-order valence-electron chi connectivity index (χ3n) is 4.51. The lowest BCUT2D eigenvalue weighted by atomic mass is 10.0. The number of hydrogen-bond donors (Lipinski definition) is 1. The van der Waals surface area contributed by atoms with Crippen molar-refractivity contribution in [2.45, 2.75) is 20.8 Å². The average Bonchev–Trinajstić information content (AvgIpc) is 2.74. The van der Waals surface area contributed by atoms with Gasteiger partial charge in [0.15, 0.2) is 17.3 Å². The molecule has 1 N–H and O–H groups in total. The summed E-state index contributed by atoms with van der Waals surface area (Å²) in [6.45, 7) is 5.07. The molecule has 3 rings (SSSR count). The molecule has 0 spiro atoms. The van der Waals surface area contributed by atoms with E-state index in [9.17, 15) is 22.4 Å². The van der Waals surface area contributed by atoms with E-state index in [0.29, 0.717) is 27.6 Å². The van der Waals surface area contributed by atoms with Crippen LogP contribution >= 0.6 is 0 Å². The lowest BCUT2D eigenvalue weighted by molar-refractivity contribution is -0.619. The Hall–Kier alpha value is -3.40. The molecule has 0 atom stereocenters. The van der Waals surface area contributed by atoms with Crippen molar-refractivity contribution in [3.8, 4) is 28.5 Å². The standard InChI is InChI=1S/C22H22F2N2O5S/c1-4-30-22-11-15(10-14(3)26(22)27)18-13-17(25-32(28,29)5-2)7-9-20(18)31-21-8-6-16(23)12-19(21)24/h6-13,25H,4-5H2,1-3H3. The third kappa shape index (κ3) is 5.25. The highest BCUT2D eigenvalue weighted by Crippen LogP contribution is 2.37. The minimum absolute atomic E-state index is 0.0426. The second kappa shape index (κ2) is 9.39. The topological polar surface area (TPSA) is 91.6 Å². The van der Waals surface area contributed by atoms with E-state index in [-0.39, 0.29) is 35.4 Å². The molecular formula is C22H22F2N2O5S. The van der Waals surface area contributed by atoms with Crippen molar-refractivity contribution >= 4 is 15.7 Å². The summed E-state index contributed by atoms with van der Waals surface area (Å²) in [7, 11) is -3.56. The van der Waals surface area contributed by atoms with Crippen molar-refractivity contribution in [2.75, 3.05) is 17.1 Å². The zero-order valence-corrected chi connectivity index (χ0v) is 18.5. The smallest absolute Gasteiger partial charge is 0.380 e. The second-order valence-electron chi connectivity index (χ2n) is 6.84. The number of ether oxygens (including phenoxy) is 2. The Kier molecular flexibility index (Phi) is 6.83. The number of benzene rings is 2. The molecule has 0 radical (unpaired) electrons. The van der Waals surface area contributed by atoms with Crippen LogP contribution in [0.25, 0.3) is 11.1 Å². The van der Waals surface area contributed by atoms with E-state index in [1.807, 2.05) is 0 Å². The summed E-state index contributed by atoms with van der Waals surface area (Å²) in [4.78, 5) is 0. The van der Waals surface area contributed by atoms with E-state index >= 15 is 0 Å². The molecule has 7 nitrogen and oxygen atoms in total. The Bertz CT molecular complexity index is 1250. The van der Waals surface area contributed by atoms with Crippen LogP contribution in [0.4, 0.5) is 14.5 Å². The minimum Gasteiger partial charge on any atom is -0.616 e. The molecule has 2 aromatic carbocycles. The number of sulfonamides is 1. The maximum Gasteiger partial charge on any atom is 0.380 e. The number of rotatable bonds is 8. The quantitative estimate of drug-likeness (QED) is 0.391. The van der Waals surface area contributed by atoms with Gasteiger partial charge in [0.05, 0.1) is 18.4 Å². The fourth-order valence-electron chi connectivity index (χ4n) is 2.93. The summed E-state index contributed by atoms with van der Waals surface area (Å²) in [5.41, 5.74) is 1.43. The highest BCUT2D eigenvalue weighted by molar-refractivity contribution is 7.92. The van der Waals surface area contributed by atoms with Crippen molar-refractivity contribution in [2.24, 2.45) is 0 Å². The second-order valence-corrected chi connectivity index (χ2v) is 8.86. The molecule has 0 unspecified atom stereocenters. The highest BCUT2D eigenvalue weighted by atomic mass is 32.2. The fraction of sp³-hybridized carbons (Fsp3) is 0.227. The normalized spacial score (nSPS) is 11.3. The van der Waals surface area contributed by atoms with Gasteiger partial charge in [0.2, 0.25) is 10.0 Å². The summed E-state index contributed by atoms with van der Waals surface area (Å²) in [6, 6.07) is 10.4. The van der Waals surface area contributed by atoms with Crippen molar-refractivity contribution in [3.05, 3.63) is 71.1 Å². The molecule has 1 heterocycles. The van der Waals surface area contributed by atoms with E-state index in [1.54, 1.807) is 19.9 Å². The van der Waals surface area contributed by atoms with Gasteiger partial charge in [-0.2, -0.15) is 0 Å². The van der Waals surface area contributed by atoms with Gasteiger partial charge in [0.1, 0.15) is 11.6 Å².